The zero-order valence-corrected chi connectivity index (χ0v) is 17.9. The topological polar surface area (TPSA) is 74.8 Å². The number of sulfonamides is 1. The van der Waals surface area contributed by atoms with Crippen LogP contribution in [-0.2, 0) is 19.9 Å². The van der Waals surface area contributed by atoms with Gasteiger partial charge < -0.3 is 0 Å². The summed E-state index contributed by atoms with van der Waals surface area (Å²) in [5.41, 5.74) is 2.36. The van der Waals surface area contributed by atoms with Crippen LogP contribution in [0.25, 0.3) is 0 Å². The molecule has 0 saturated carbocycles. The van der Waals surface area contributed by atoms with E-state index >= 15 is 0 Å². The Morgan fingerprint density at radius 1 is 0.828 bits per heavy atom. The van der Waals surface area contributed by atoms with Crippen molar-refractivity contribution in [1.82, 2.24) is 9.21 Å². The highest BCUT2D eigenvalue weighted by atomic mass is 32.2. The van der Waals surface area contributed by atoms with Crippen molar-refractivity contribution in [3.8, 4) is 0 Å². The fraction of sp³-hybridized carbons (Fsp3) is 0.429. The summed E-state index contributed by atoms with van der Waals surface area (Å²) in [6.07, 6.45) is 0.210. The van der Waals surface area contributed by atoms with E-state index in [2.05, 4.69) is 29.2 Å². The molecule has 0 amide bonds. The second kappa shape index (κ2) is 8.18. The van der Waals surface area contributed by atoms with E-state index in [1.807, 2.05) is 36.4 Å². The van der Waals surface area contributed by atoms with Crippen molar-refractivity contribution in [2.75, 3.05) is 37.7 Å². The van der Waals surface area contributed by atoms with Crippen LogP contribution in [0.1, 0.15) is 23.6 Å². The summed E-state index contributed by atoms with van der Waals surface area (Å²) < 4.78 is 50.8. The van der Waals surface area contributed by atoms with Crippen LogP contribution in [0, 0.1) is 0 Å². The van der Waals surface area contributed by atoms with E-state index < -0.39 is 25.1 Å². The highest BCUT2D eigenvalue weighted by Gasteiger charge is 2.41. The molecule has 8 heteroatoms. The average Bonchev–Trinajstić information content (AvgIpc) is 3.11. The second-order valence-electron chi connectivity index (χ2n) is 7.73. The van der Waals surface area contributed by atoms with Gasteiger partial charge in [-0.05, 0) is 17.5 Å². The lowest BCUT2D eigenvalue weighted by molar-refractivity contribution is 0.155. The molecule has 1 atom stereocenters. The Bertz CT molecular complexity index is 993. The van der Waals surface area contributed by atoms with E-state index in [0.29, 0.717) is 26.2 Å². The largest absolute Gasteiger partial charge is 0.290 e. The van der Waals surface area contributed by atoms with Gasteiger partial charge in [-0.25, -0.2) is 16.8 Å². The number of hydrogen-bond donors (Lipinski definition) is 0. The van der Waals surface area contributed by atoms with E-state index in [1.165, 1.54) is 15.4 Å². The fourth-order valence-electron chi connectivity index (χ4n) is 4.31. The van der Waals surface area contributed by atoms with Crippen molar-refractivity contribution in [2.45, 2.75) is 17.7 Å². The first-order valence-corrected chi connectivity index (χ1v) is 13.2. The Kier molecular flexibility index (Phi) is 5.79. The third-order valence-electron chi connectivity index (χ3n) is 5.84. The smallest absolute Gasteiger partial charge is 0.218 e. The molecule has 2 aliphatic rings. The van der Waals surface area contributed by atoms with E-state index in [9.17, 15) is 16.8 Å². The molecule has 2 aromatic rings. The molecule has 0 aliphatic carbocycles. The minimum Gasteiger partial charge on any atom is -0.290 e. The predicted octanol–water partition coefficient (Wildman–Crippen LogP) is 1.91. The Morgan fingerprint density at radius 2 is 1.34 bits per heavy atom. The van der Waals surface area contributed by atoms with E-state index in [-0.39, 0.29) is 24.0 Å². The lowest BCUT2D eigenvalue weighted by Crippen LogP contribution is -2.52. The maximum atomic E-state index is 12.9. The highest BCUT2D eigenvalue weighted by Crippen LogP contribution is 2.31. The number of hydrogen-bond acceptors (Lipinski definition) is 5. The van der Waals surface area contributed by atoms with Crippen LogP contribution in [0.5, 0.6) is 0 Å². The third-order valence-corrected chi connectivity index (χ3v) is 10.1. The van der Waals surface area contributed by atoms with Gasteiger partial charge in [-0.3, -0.25) is 4.90 Å². The van der Waals surface area contributed by atoms with Crippen LogP contribution in [0.2, 0.25) is 0 Å². The van der Waals surface area contributed by atoms with Crippen molar-refractivity contribution in [3.63, 3.8) is 0 Å². The summed E-state index contributed by atoms with van der Waals surface area (Å²) in [6.45, 7) is 1.98. The van der Waals surface area contributed by atoms with Gasteiger partial charge in [0.15, 0.2) is 9.84 Å². The SMILES string of the molecule is O=S1(=O)CC[C@H](S(=O)(=O)N2CCN(C(c3ccccc3)c3ccccc3)CC2)C1. The monoisotopic (exact) mass is 434 g/mol. The van der Waals surface area contributed by atoms with E-state index in [4.69, 9.17) is 0 Å². The molecule has 2 aliphatic heterocycles. The van der Waals surface area contributed by atoms with Gasteiger partial charge in [0.05, 0.1) is 22.8 Å². The zero-order valence-electron chi connectivity index (χ0n) is 16.2. The normalized spacial score (nSPS) is 23.4. The summed E-state index contributed by atoms with van der Waals surface area (Å²) in [7, 11) is -6.81. The molecule has 0 spiro atoms. The van der Waals surface area contributed by atoms with Gasteiger partial charge in [0.25, 0.3) is 0 Å². The van der Waals surface area contributed by atoms with Gasteiger partial charge in [-0.1, -0.05) is 60.7 Å². The van der Waals surface area contributed by atoms with Crippen molar-refractivity contribution in [1.29, 1.82) is 0 Å². The van der Waals surface area contributed by atoms with Gasteiger partial charge in [-0.15, -0.1) is 0 Å². The summed E-state index contributed by atoms with van der Waals surface area (Å²) in [6, 6.07) is 20.5. The summed E-state index contributed by atoms with van der Waals surface area (Å²) in [5.74, 6) is -0.271. The minimum absolute atomic E-state index is 0.0268. The Balaban J connectivity index is 1.51. The quantitative estimate of drug-likeness (QED) is 0.719. The Labute approximate surface area is 173 Å². The summed E-state index contributed by atoms with van der Waals surface area (Å²) in [4.78, 5) is 2.31. The third kappa shape index (κ3) is 4.40. The molecule has 4 rings (SSSR count). The van der Waals surface area contributed by atoms with Gasteiger partial charge >= 0.3 is 0 Å². The summed E-state index contributed by atoms with van der Waals surface area (Å²) >= 11 is 0. The molecule has 2 fully saturated rings. The molecule has 2 heterocycles. The molecule has 0 bridgehead atoms. The lowest BCUT2D eigenvalue weighted by Gasteiger charge is -2.39. The second-order valence-corrected chi connectivity index (χ2v) is 12.2. The maximum Gasteiger partial charge on any atom is 0.218 e. The molecule has 0 aromatic heterocycles. The van der Waals surface area contributed by atoms with Crippen LogP contribution in [0.3, 0.4) is 0 Å². The fourth-order valence-corrected chi connectivity index (χ4v) is 8.82. The highest BCUT2D eigenvalue weighted by molar-refractivity contribution is 7.95. The number of sulfone groups is 1. The molecule has 2 saturated heterocycles. The molecule has 2 aromatic carbocycles. The van der Waals surface area contributed by atoms with Crippen LogP contribution in [-0.4, -0.2) is 69.0 Å². The number of rotatable bonds is 5. The number of nitrogens with zero attached hydrogens (tertiary/aromatic N) is 2. The van der Waals surface area contributed by atoms with Crippen LogP contribution >= 0.6 is 0 Å². The molecular weight excluding hydrogens is 408 g/mol. The van der Waals surface area contributed by atoms with Crippen molar-refractivity contribution in [2.24, 2.45) is 0 Å². The van der Waals surface area contributed by atoms with Gasteiger partial charge in [0, 0.05) is 26.2 Å². The average molecular weight is 435 g/mol. The van der Waals surface area contributed by atoms with Crippen molar-refractivity contribution in [3.05, 3.63) is 71.8 Å². The van der Waals surface area contributed by atoms with E-state index in [1.54, 1.807) is 0 Å². The summed E-state index contributed by atoms with van der Waals surface area (Å²) in [5, 5.41) is -0.793. The zero-order chi connectivity index (χ0) is 20.5. The van der Waals surface area contributed by atoms with Crippen LogP contribution in [0.4, 0.5) is 0 Å². The lowest BCUT2D eigenvalue weighted by atomic mass is 9.96. The Hall–Kier alpha value is -1.74. The van der Waals surface area contributed by atoms with Gasteiger partial charge in [0.2, 0.25) is 10.0 Å². The number of piperazine rings is 1. The van der Waals surface area contributed by atoms with Crippen LogP contribution < -0.4 is 0 Å². The van der Waals surface area contributed by atoms with Crippen molar-refractivity contribution < 1.29 is 16.8 Å². The first-order chi connectivity index (χ1) is 13.9. The van der Waals surface area contributed by atoms with Crippen LogP contribution in [0.15, 0.2) is 60.7 Å². The van der Waals surface area contributed by atoms with Gasteiger partial charge in [-0.2, -0.15) is 4.31 Å². The molecule has 0 unspecified atom stereocenters. The molecule has 0 N–H and O–H groups in total. The first kappa shape index (κ1) is 20.5. The van der Waals surface area contributed by atoms with Crippen molar-refractivity contribution >= 4 is 19.9 Å². The minimum atomic E-state index is -3.58. The molecule has 0 radical (unpaired) electrons. The Morgan fingerprint density at radius 3 is 1.79 bits per heavy atom. The maximum absolute atomic E-state index is 12.9. The molecule has 156 valence electrons. The molecule has 29 heavy (non-hydrogen) atoms. The number of benzene rings is 2. The van der Waals surface area contributed by atoms with E-state index in [0.717, 1.165) is 0 Å². The molecule has 6 nitrogen and oxygen atoms in total. The first-order valence-electron chi connectivity index (χ1n) is 9.90. The predicted molar refractivity (Wildman–Crippen MR) is 114 cm³/mol. The molecular formula is C21H26N2O4S2. The van der Waals surface area contributed by atoms with Gasteiger partial charge in [0.1, 0.15) is 0 Å². The standard InChI is InChI=1S/C21H26N2O4S2/c24-28(25)16-11-20(17-28)29(26,27)23-14-12-22(13-15-23)21(18-7-3-1-4-8-18)19-9-5-2-6-10-19/h1-10,20-21H,11-17H2/t20-/m0/s1.